The van der Waals surface area contributed by atoms with Gasteiger partial charge in [0.15, 0.2) is 0 Å². The molecule has 0 saturated carbocycles. The van der Waals surface area contributed by atoms with E-state index in [1.165, 1.54) is 6.92 Å². The Labute approximate surface area is 120 Å². The molecule has 114 valence electrons. The van der Waals surface area contributed by atoms with Crippen LogP contribution in [0.2, 0.25) is 0 Å². The Morgan fingerprint density at radius 3 is 2.52 bits per heavy atom. The first-order valence-electron chi connectivity index (χ1n) is 6.03. The number of rotatable bonds is 4. The minimum Gasteiger partial charge on any atom is -0.465 e. The van der Waals surface area contributed by atoms with Gasteiger partial charge in [-0.1, -0.05) is 0 Å². The van der Waals surface area contributed by atoms with Crippen molar-refractivity contribution in [2.45, 2.75) is 25.3 Å². The van der Waals surface area contributed by atoms with Crippen LogP contribution >= 0.6 is 0 Å². The summed E-state index contributed by atoms with van der Waals surface area (Å²) in [4.78, 5) is -0.147. The average Bonchev–Trinajstić information content (AvgIpc) is 2.68. The number of hydrogen-bond donors (Lipinski definition) is 2. The molecule has 1 aromatic heterocycles. The summed E-state index contributed by atoms with van der Waals surface area (Å²) >= 11 is 0. The molecule has 21 heavy (non-hydrogen) atoms. The highest BCUT2D eigenvalue weighted by molar-refractivity contribution is 7.92. The Bertz CT molecular complexity index is 785. The second-order valence-electron chi connectivity index (χ2n) is 4.46. The van der Waals surface area contributed by atoms with Gasteiger partial charge >= 0.3 is 0 Å². The van der Waals surface area contributed by atoms with Crippen molar-refractivity contribution in [2.24, 2.45) is 5.73 Å². The summed E-state index contributed by atoms with van der Waals surface area (Å²) in [6, 6.07) is 2.49. The molecule has 0 aliphatic rings. The van der Waals surface area contributed by atoms with Crippen LogP contribution in [0.1, 0.15) is 17.1 Å². The maximum Gasteiger partial charge on any atom is 0.265 e. The third-order valence-electron chi connectivity index (χ3n) is 2.97. The first-order chi connectivity index (χ1) is 9.76. The molecule has 1 aromatic carbocycles. The zero-order chi connectivity index (χ0) is 15.8. The summed E-state index contributed by atoms with van der Waals surface area (Å²) in [5, 5.41) is 0. The highest BCUT2D eigenvalue weighted by Gasteiger charge is 2.27. The topological polar surface area (TPSA) is 85.3 Å². The van der Waals surface area contributed by atoms with Crippen molar-refractivity contribution in [1.82, 2.24) is 0 Å². The average molecular weight is 316 g/mol. The third kappa shape index (κ3) is 2.91. The molecule has 2 aromatic rings. The van der Waals surface area contributed by atoms with E-state index in [0.29, 0.717) is 11.3 Å². The van der Waals surface area contributed by atoms with Gasteiger partial charge in [0.2, 0.25) is 0 Å². The predicted octanol–water partition coefficient (Wildman–Crippen LogP) is 2.43. The molecular formula is C13H14F2N2O3S. The molecule has 3 N–H and O–H groups in total. The fraction of sp³-hybridized carbons (Fsp3) is 0.231. The molecule has 0 unspecified atom stereocenters. The van der Waals surface area contributed by atoms with Gasteiger partial charge in [-0.15, -0.1) is 0 Å². The summed E-state index contributed by atoms with van der Waals surface area (Å²) in [5.74, 6) is -1.13. The predicted molar refractivity (Wildman–Crippen MR) is 73.2 cm³/mol. The van der Waals surface area contributed by atoms with Crippen molar-refractivity contribution >= 4 is 15.7 Å². The van der Waals surface area contributed by atoms with Gasteiger partial charge in [-0.05, 0) is 26.0 Å². The van der Waals surface area contributed by atoms with E-state index in [1.54, 1.807) is 6.92 Å². The fourth-order valence-electron chi connectivity index (χ4n) is 2.07. The summed E-state index contributed by atoms with van der Waals surface area (Å²) in [6.45, 7) is 2.99. The van der Waals surface area contributed by atoms with Crippen LogP contribution in [0.15, 0.2) is 27.5 Å². The van der Waals surface area contributed by atoms with Crippen LogP contribution in [0, 0.1) is 25.5 Å². The Morgan fingerprint density at radius 1 is 1.24 bits per heavy atom. The number of aryl methyl sites for hydroxylation is 2. The third-order valence-corrected chi connectivity index (χ3v) is 4.53. The number of benzene rings is 1. The van der Waals surface area contributed by atoms with Gasteiger partial charge in [0.1, 0.15) is 28.1 Å². The van der Waals surface area contributed by atoms with E-state index < -0.39 is 27.3 Å². The number of nitrogens with one attached hydrogen (secondary N) is 1. The van der Waals surface area contributed by atoms with Gasteiger partial charge < -0.3 is 10.2 Å². The van der Waals surface area contributed by atoms with Crippen LogP contribution < -0.4 is 10.5 Å². The molecule has 2 rings (SSSR count). The number of halogens is 2. The van der Waals surface area contributed by atoms with Gasteiger partial charge in [0.05, 0.1) is 5.69 Å². The number of nitrogens with two attached hydrogens (primary N) is 1. The quantitative estimate of drug-likeness (QED) is 0.907. The number of anilines is 1. The lowest BCUT2D eigenvalue weighted by Crippen LogP contribution is -2.17. The van der Waals surface area contributed by atoms with Gasteiger partial charge in [0.25, 0.3) is 10.0 Å². The van der Waals surface area contributed by atoms with Gasteiger partial charge in [-0.25, -0.2) is 17.2 Å². The normalized spacial score (nSPS) is 11.7. The lowest BCUT2D eigenvalue weighted by molar-refractivity contribution is 0.494. The lowest BCUT2D eigenvalue weighted by atomic mass is 10.2. The number of sulfonamides is 1. The Morgan fingerprint density at radius 2 is 1.90 bits per heavy atom. The van der Waals surface area contributed by atoms with Gasteiger partial charge in [-0.3, -0.25) is 4.72 Å². The molecule has 0 atom stereocenters. The Hall–Kier alpha value is -1.93. The standard InChI is InChI=1S/C13H14F2N2O3S/c1-7-10(6-16)13(8(2)20-7)21(18,19)17-12-5-9(14)3-4-11(12)15/h3-5,17H,6,16H2,1-2H3. The van der Waals surface area contributed by atoms with Gasteiger partial charge in [-0.2, -0.15) is 0 Å². The second-order valence-corrected chi connectivity index (χ2v) is 6.08. The van der Waals surface area contributed by atoms with Crippen LogP contribution in [-0.2, 0) is 16.6 Å². The summed E-state index contributed by atoms with van der Waals surface area (Å²) in [6.07, 6.45) is 0. The van der Waals surface area contributed by atoms with Crippen molar-refractivity contribution in [1.29, 1.82) is 0 Å². The molecule has 0 aliphatic carbocycles. The van der Waals surface area contributed by atoms with Crippen LogP contribution in [0.4, 0.5) is 14.5 Å². The number of furan rings is 1. The van der Waals surface area contributed by atoms with Crippen LogP contribution in [0.5, 0.6) is 0 Å². The van der Waals surface area contributed by atoms with Crippen molar-refractivity contribution in [3.05, 3.63) is 46.9 Å². The second kappa shape index (κ2) is 5.45. The highest BCUT2D eigenvalue weighted by Crippen LogP contribution is 2.28. The first kappa shape index (κ1) is 15.5. The summed E-state index contributed by atoms with van der Waals surface area (Å²) in [5.41, 5.74) is 5.35. The zero-order valence-corrected chi connectivity index (χ0v) is 12.2. The fourth-order valence-corrected chi connectivity index (χ4v) is 3.59. The van der Waals surface area contributed by atoms with Crippen molar-refractivity contribution in [3.63, 3.8) is 0 Å². The molecule has 0 bridgehead atoms. The minimum absolute atomic E-state index is 0.0505. The van der Waals surface area contributed by atoms with E-state index in [4.69, 9.17) is 10.2 Å². The van der Waals surface area contributed by atoms with E-state index in [1.807, 2.05) is 4.72 Å². The van der Waals surface area contributed by atoms with Crippen LogP contribution in [0.3, 0.4) is 0 Å². The minimum atomic E-state index is -4.14. The molecule has 0 aliphatic heterocycles. The number of hydrogen-bond acceptors (Lipinski definition) is 4. The summed E-state index contributed by atoms with van der Waals surface area (Å²) in [7, 11) is -4.14. The molecule has 0 saturated heterocycles. The monoisotopic (exact) mass is 316 g/mol. The van der Waals surface area contributed by atoms with Gasteiger partial charge in [0, 0.05) is 18.2 Å². The highest BCUT2D eigenvalue weighted by atomic mass is 32.2. The van der Waals surface area contributed by atoms with Crippen molar-refractivity contribution in [2.75, 3.05) is 4.72 Å². The van der Waals surface area contributed by atoms with Crippen LogP contribution in [0.25, 0.3) is 0 Å². The van der Waals surface area contributed by atoms with E-state index >= 15 is 0 Å². The molecule has 0 amide bonds. The molecule has 0 fully saturated rings. The van der Waals surface area contributed by atoms with Crippen molar-refractivity contribution < 1.29 is 21.6 Å². The van der Waals surface area contributed by atoms with Crippen LogP contribution in [-0.4, -0.2) is 8.42 Å². The molecule has 8 heteroatoms. The molecular weight excluding hydrogens is 302 g/mol. The molecule has 0 radical (unpaired) electrons. The van der Waals surface area contributed by atoms with E-state index in [2.05, 4.69) is 0 Å². The molecule has 0 spiro atoms. The smallest absolute Gasteiger partial charge is 0.265 e. The van der Waals surface area contributed by atoms with E-state index in [-0.39, 0.29) is 17.2 Å². The molecule has 5 nitrogen and oxygen atoms in total. The first-order valence-corrected chi connectivity index (χ1v) is 7.51. The molecule has 1 heterocycles. The zero-order valence-electron chi connectivity index (χ0n) is 11.4. The SMILES string of the molecule is Cc1oc(C)c(S(=O)(=O)Nc2cc(F)ccc2F)c1CN. The van der Waals surface area contributed by atoms with E-state index in [9.17, 15) is 17.2 Å². The maximum absolute atomic E-state index is 13.6. The Balaban J connectivity index is 2.51. The maximum atomic E-state index is 13.6. The van der Waals surface area contributed by atoms with Crippen molar-refractivity contribution in [3.8, 4) is 0 Å². The largest absolute Gasteiger partial charge is 0.465 e. The Kier molecular flexibility index (Phi) is 4.02. The summed E-state index contributed by atoms with van der Waals surface area (Å²) < 4.78 is 58.7. The van der Waals surface area contributed by atoms with E-state index in [0.717, 1.165) is 18.2 Å². The lowest BCUT2D eigenvalue weighted by Gasteiger charge is -2.09.